The minimum atomic E-state index is 0.0322. The van der Waals surface area contributed by atoms with E-state index < -0.39 is 0 Å². The molecule has 2 heteroatoms. The van der Waals surface area contributed by atoms with Crippen LogP contribution in [0.3, 0.4) is 0 Å². The van der Waals surface area contributed by atoms with E-state index >= 15 is 0 Å². The molecule has 1 rings (SSSR count). The topological polar surface area (TPSA) is 26.1 Å². The summed E-state index contributed by atoms with van der Waals surface area (Å²) < 4.78 is 1.03. The van der Waals surface area contributed by atoms with Crippen LogP contribution in [0.15, 0.2) is 23.8 Å². The Morgan fingerprint density at radius 3 is 2.73 bits per heavy atom. The maximum atomic E-state index is 11.4. The second kappa shape index (κ2) is 5.15. The summed E-state index contributed by atoms with van der Waals surface area (Å²) in [5.41, 5.74) is 2.43. The maximum absolute atomic E-state index is 11.4. The molecule has 0 amide bonds. The lowest BCUT2D eigenvalue weighted by molar-refractivity contribution is -0.487. The normalized spacial score (nSPS) is 22.8. The number of allylic oxidation sites excluding steroid dienone is 3. The van der Waals surface area contributed by atoms with Crippen molar-refractivity contribution in [3.63, 3.8) is 0 Å². The number of hydroxylamine groups is 1. The Kier molecular flexibility index (Phi) is 4.13. The van der Waals surface area contributed by atoms with Gasteiger partial charge in [-0.05, 0) is 46.0 Å². The Morgan fingerprint density at radius 2 is 2.33 bits per heavy atom. The van der Waals surface area contributed by atoms with Crippen LogP contribution in [0.4, 0.5) is 0 Å². The second-order valence-corrected chi connectivity index (χ2v) is 4.68. The lowest BCUT2D eigenvalue weighted by Gasteiger charge is -2.20. The number of hydrogen-bond acceptors (Lipinski definition) is 1. The van der Waals surface area contributed by atoms with E-state index in [0.717, 1.165) is 24.0 Å². The monoisotopic (exact) mass is 207 g/mol. The van der Waals surface area contributed by atoms with Gasteiger partial charge in [0.15, 0.2) is 12.3 Å². The van der Waals surface area contributed by atoms with E-state index in [9.17, 15) is 5.21 Å². The van der Waals surface area contributed by atoms with Crippen LogP contribution in [0.25, 0.3) is 0 Å². The lowest BCUT2D eigenvalue weighted by atomic mass is 9.86. The van der Waals surface area contributed by atoms with Gasteiger partial charge in [-0.3, -0.25) is 0 Å². The first-order valence-corrected chi connectivity index (χ1v) is 5.65. The minimum absolute atomic E-state index is 0.0322. The molecule has 0 radical (unpaired) electrons. The summed E-state index contributed by atoms with van der Waals surface area (Å²) in [5.74, 6) is 0.612. The van der Waals surface area contributed by atoms with E-state index in [1.165, 1.54) is 11.1 Å². The molecule has 0 saturated heterocycles. The van der Waals surface area contributed by atoms with Crippen LogP contribution in [-0.2, 0) is 0 Å². The van der Waals surface area contributed by atoms with Crippen molar-refractivity contribution in [2.45, 2.75) is 46.1 Å². The van der Waals surface area contributed by atoms with Gasteiger partial charge >= 0.3 is 0 Å². The predicted octanol–water partition coefficient (Wildman–Crippen LogP) is 3.28. The first-order valence-electron chi connectivity index (χ1n) is 5.65. The highest BCUT2D eigenvalue weighted by Gasteiger charge is 2.15. The maximum Gasteiger partial charge on any atom is 0.177 e. The SMILES string of the molecule is C=C(C)[C@@H]1CC=C(C=[N+]([O-])C(C)C)CC1. The fourth-order valence-corrected chi connectivity index (χ4v) is 1.73. The quantitative estimate of drug-likeness (QED) is 0.229. The third-order valence-corrected chi connectivity index (χ3v) is 2.94. The van der Waals surface area contributed by atoms with Crippen molar-refractivity contribution >= 4 is 6.21 Å². The van der Waals surface area contributed by atoms with Crippen LogP contribution in [0.1, 0.15) is 40.0 Å². The molecule has 0 spiro atoms. The molecule has 0 saturated carbocycles. The predicted molar refractivity (Wildman–Crippen MR) is 65.1 cm³/mol. The third kappa shape index (κ3) is 3.54. The van der Waals surface area contributed by atoms with Gasteiger partial charge in [-0.1, -0.05) is 18.2 Å². The van der Waals surface area contributed by atoms with Crippen molar-refractivity contribution in [3.8, 4) is 0 Å². The molecule has 0 aromatic rings. The van der Waals surface area contributed by atoms with Gasteiger partial charge in [-0.15, -0.1) is 0 Å². The van der Waals surface area contributed by atoms with Gasteiger partial charge in [0.25, 0.3) is 0 Å². The highest BCUT2D eigenvalue weighted by Crippen LogP contribution is 2.27. The standard InChI is InChI=1S/C13H21NO/c1-10(2)13-7-5-12(6-8-13)9-14(15)11(3)4/h5,9,11,13H,1,6-8H2,2-4H3/t13-/m1/s1. The van der Waals surface area contributed by atoms with E-state index in [4.69, 9.17) is 0 Å². The summed E-state index contributed by atoms with van der Waals surface area (Å²) in [4.78, 5) is 0. The Hall–Kier alpha value is -1.05. The van der Waals surface area contributed by atoms with Crippen molar-refractivity contribution in [1.82, 2.24) is 0 Å². The van der Waals surface area contributed by atoms with Crippen LogP contribution < -0.4 is 0 Å². The molecular formula is C13H21NO. The van der Waals surface area contributed by atoms with E-state index in [1.54, 1.807) is 6.21 Å². The van der Waals surface area contributed by atoms with Gasteiger partial charge in [0.2, 0.25) is 0 Å². The van der Waals surface area contributed by atoms with Crippen LogP contribution in [-0.4, -0.2) is 17.0 Å². The molecule has 1 aliphatic carbocycles. The second-order valence-electron chi connectivity index (χ2n) is 4.68. The molecule has 0 fully saturated rings. The van der Waals surface area contributed by atoms with Gasteiger partial charge in [0.05, 0.1) is 0 Å². The third-order valence-electron chi connectivity index (χ3n) is 2.94. The number of nitrogens with zero attached hydrogens (tertiary/aromatic N) is 1. The first-order chi connectivity index (χ1) is 7.00. The number of rotatable bonds is 3. The molecule has 84 valence electrons. The molecule has 0 aromatic heterocycles. The van der Waals surface area contributed by atoms with Crippen molar-refractivity contribution in [2.75, 3.05) is 0 Å². The molecule has 2 nitrogen and oxygen atoms in total. The Labute approximate surface area is 92.6 Å². The average molecular weight is 207 g/mol. The molecule has 1 atom stereocenters. The summed E-state index contributed by atoms with van der Waals surface area (Å²) >= 11 is 0. The fraction of sp³-hybridized carbons (Fsp3) is 0.615. The summed E-state index contributed by atoms with van der Waals surface area (Å²) in [6.45, 7) is 9.88. The van der Waals surface area contributed by atoms with Crippen LogP contribution in [0.2, 0.25) is 0 Å². The summed E-state index contributed by atoms with van der Waals surface area (Å²) in [6, 6.07) is 0.0322. The molecule has 15 heavy (non-hydrogen) atoms. The van der Waals surface area contributed by atoms with E-state index in [1.807, 2.05) is 13.8 Å². The zero-order valence-corrected chi connectivity index (χ0v) is 9.99. The molecular weight excluding hydrogens is 186 g/mol. The van der Waals surface area contributed by atoms with E-state index in [0.29, 0.717) is 5.92 Å². The molecule has 0 unspecified atom stereocenters. The molecule has 0 heterocycles. The first kappa shape index (κ1) is 12.0. The van der Waals surface area contributed by atoms with E-state index in [2.05, 4.69) is 19.6 Å². The smallest absolute Gasteiger partial charge is 0.177 e. The van der Waals surface area contributed by atoms with E-state index in [-0.39, 0.29) is 6.04 Å². The van der Waals surface area contributed by atoms with Crippen molar-refractivity contribution in [1.29, 1.82) is 0 Å². The van der Waals surface area contributed by atoms with Gasteiger partial charge in [-0.25, -0.2) is 4.74 Å². The lowest BCUT2D eigenvalue weighted by Crippen LogP contribution is -2.17. The highest BCUT2D eigenvalue weighted by atomic mass is 16.5. The summed E-state index contributed by atoms with van der Waals surface area (Å²) in [7, 11) is 0. The van der Waals surface area contributed by atoms with Crippen LogP contribution >= 0.6 is 0 Å². The van der Waals surface area contributed by atoms with Crippen LogP contribution in [0.5, 0.6) is 0 Å². The Balaban J connectivity index is 2.61. The average Bonchev–Trinajstić information content (AvgIpc) is 2.18. The highest BCUT2D eigenvalue weighted by molar-refractivity contribution is 5.74. The number of hydrogen-bond donors (Lipinski definition) is 0. The molecule has 0 bridgehead atoms. The van der Waals surface area contributed by atoms with Gasteiger partial charge in [0, 0.05) is 5.57 Å². The Morgan fingerprint density at radius 1 is 1.67 bits per heavy atom. The molecule has 0 aliphatic heterocycles. The van der Waals surface area contributed by atoms with Crippen LogP contribution in [0, 0.1) is 11.1 Å². The summed E-state index contributed by atoms with van der Waals surface area (Å²) in [5, 5.41) is 11.4. The Bertz CT molecular complexity index is 300. The summed E-state index contributed by atoms with van der Waals surface area (Å²) in [6.07, 6.45) is 7.08. The van der Waals surface area contributed by atoms with Gasteiger partial charge < -0.3 is 5.21 Å². The minimum Gasteiger partial charge on any atom is -0.624 e. The largest absolute Gasteiger partial charge is 0.624 e. The molecule has 1 aliphatic rings. The van der Waals surface area contributed by atoms with Crippen molar-refractivity contribution in [2.24, 2.45) is 5.92 Å². The van der Waals surface area contributed by atoms with Gasteiger partial charge in [0.1, 0.15) is 0 Å². The van der Waals surface area contributed by atoms with Crippen molar-refractivity contribution < 1.29 is 4.74 Å². The zero-order chi connectivity index (χ0) is 11.4. The molecule has 0 N–H and O–H groups in total. The fourth-order valence-electron chi connectivity index (χ4n) is 1.73. The molecule has 0 aromatic carbocycles. The van der Waals surface area contributed by atoms with Gasteiger partial charge in [-0.2, -0.15) is 0 Å². The zero-order valence-electron chi connectivity index (χ0n) is 9.99. The van der Waals surface area contributed by atoms with Crippen molar-refractivity contribution in [3.05, 3.63) is 29.0 Å².